The first-order chi connectivity index (χ1) is 12.1. The first-order valence-electron chi connectivity index (χ1n) is 7.83. The summed E-state index contributed by atoms with van der Waals surface area (Å²) in [5.74, 6) is 0.560. The minimum atomic E-state index is -0.0624. The fourth-order valence-electron chi connectivity index (χ4n) is 3.16. The Morgan fingerprint density at radius 3 is 2.64 bits per heavy atom. The van der Waals surface area contributed by atoms with Gasteiger partial charge >= 0.3 is 0 Å². The summed E-state index contributed by atoms with van der Waals surface area (Å²) >= 11 is 12.5. The number of benzene rings is 1. The lowest BCUT2D eigenvalue weighted by Gasteiger charge is -2.09. The van der Waals surface area contributed by atoms with Crippen LogP contribution in [-0.4, -0.2) is 16.5 Å². The van der Waals surface area contributed by atoms with Crippen molar-refractivity contribution in [2.45, 2.75) is 12.8 Å². The molecule has 4 nitrogen and oxygen atoms in total. The number of aromatic nitrogens is 2. The number of hydrogen-bond donors (Lipinski definition) is 0. The van der Waals surface area contributed by atoms with Gasteiger partial charge in [-0.2, -0.15) is 0 Å². The minimum Gasteiger partial charge on any atom is -0.493 e. The van der Waals surface area contributed by atoms with E-state index in [0.29, 0.717) is 39.1 Å². The lowest BCUT2D eigenvalue weighted by Crippen LogP contribution is -2.20. The van der Waals surface area contributed by atoms with Crippen molar-refractivity contribution in [1.29, 1.82) is 0 Å². The second-order valence-electron chi connectivity index (χ2n) is 5.82. The average Bonchev–Trinajstić information content (AvgIpc) is 3.01. The van der Waals surface area contributed by atoms with Gasteiger partial charge in [0, 0.05) is 27.4 Å². The number of methoxy groups -OCH3 is 1. The van der Waals surface area contributed by atoms with Gasteiger partial charge in [0.25, 0.3) is 5.56 Å². The predicted octanol–water partition coefficient (Wildman–Crippen LogP) is 4.50. The zero-order chi connectivity index (χ0) is 17.6. The summed E-state index contributed by atoms with van der Waals surface area (Å²) in [4.78, 5) is 17.5. The molecule has 0 spiro atoms. The maximum absolute atomic E-state index is 12.8. The van der Waals surface area contributed by atoms with Gasteiger partial charge in [-0.15, -0.1) is 0 Å². The molecule has 0 fully saturated rings. The number of pyridine rings is 1. The third kappa shape index (κ3) is 2.62. The van der Waals surface area contributed by atoms with E-state index in [2.05, 4.69) is 0 Å². The molecule has 0 radical (unpaired) electrons. The van der Waals surface area contributed by atoms with Crippen LogP contribution in [0, 0.1) is 0 Å². The summed E-state index contributed by atoms with van der Waals surface area (Å²) < 4.78 is 6.88. The molecule has 0 amide bonds. The molecule has 1 aliphatic carbocycles. The molecule has 4 rings (SSSR count). The van der Waals surface area contributed by atoms with Gasteiger partial charge in [-0.05, 0) is 48.8 Å². The molecular weight excluding hydrogens is 359 g/mol. The summed E-state index contributed by atoms with van der Waals surface area (Å²) in [5, 5.41) is 1.15. The standard InChI is InChI=1S/C19H14Cl2N2O2/c1-25-16-6-3-9-23-18(16)22-17-11(7-8-12(17)19(23)24)10-13-14(20)4-2-5-15(13)21/h2-6,9-10H,7-8H2,1H3/b11-10-. The molecule has 1 aliphatic rings. The quantitative estimate of drug-likeness (QED) is 0.665. The predicted molar refractivity (Wildman–Crippen MR) is 101 cm³/mol. The summed E-state index contributed by atoms with van der Waals surface area (Å²) in [6.07, 6.45) is 5.00. The highest BCUT2D eigenvalue weighted by molar-refractivity contribution is 6.37. The largest absolute Gasteiger partial charge is 0.493 e. The number of hydrogen-bond acceptors (Lipinski definition) is 3. The fraction of sp³-hybridized carbons (Fsp3) is 0.158. The van der Waals surface area contributed by atoms with Crippen molar-refractivity contribution in [3.63, 3.8) is 0 Å². The first kappa shape index (κ1) is 16.2. The molecule has 6 heteroatoms. The van der Waals surface area contributed by atoms with Crippen LogP contribution in [0.2, 0.25) is 10.0 Å². The molecule has 2 aromatic heterocycles. The van der Waals surface area contributed by atoms with Crippen LogP contribution in [0.5, 0.6) is 5.75 Å². The first-order valence-corrected chi connectivity index (χ1v) is 8.59. The molecule has 0 atom stereocenters. The van der Waals surface area contributed by atoms with E-state index in [1.807, 2.05) is 6.08 Å². The van der Waals surface area contributed by atoms with Crippen LogP contribution in [0.15, 0.2) is 41.3 Å². The molecule has 0 N–H and O–H groups in total. The van der Waals surface area contributed by atoms with Crippen molar-refractivity contribution >= 4 is 40.5 Å². The van der Waals surface area contributed by atoms with E-state index >= 15 is 0 Å². The molecule has 3 aromatic rings. The lowest BCUT2D eigenvalue weighted by molar-refractivity contribution is 0.416. The molecule has 2 heterocycles. The molecule has 25 heavy (non-hydrogen) atoms. The summed E-state index contributed by atoms with van der Waals surface area (Å²) in [5.41, 5.74) is 3.55. The third-order valence-electron chi connectivity index (χ3n) is 4.40. The van der Waals surface area contributed by atoms with Crippen molar-refractivity contribution in [2.24, 2.45) is 0 Å². The molecule has 126 valence electrons. The van der Waals surface area contributed by atoms with Crippen molar-refractivity contribution in [3.8, 4) is 5.75 Å². The van der Waals surface area contributed by atoms with Crippen molar-refractivity contribution in [3.05, 3.63) is 73.7 Å². The number of ether oxygens (including phenoxy) is 1. The Kier molecular flexibility index (Phi) is 4.02. The van der Waals surface area contributed by atoms with E-state index < -0.39 is 0 Å². The zero-order valence-corrected chi connectivity index (χ0v) is 14.9. The van der Waals surface area contributed by atoms with Crippen molar-refractivity contribution in [2.75, 3.05) is 7.11 Å². The molecule has 0 unspecified atom stereocenters. The number of allylic oxidation sites excluding steroid dienone is 1. The fourth-order valence-corrected chi connectivity index (χ4v) is 3.67. The lowest BCUT2D eigenvalue weighted by atomic mass is 10.1. The Morgan fingerprint density at radius 2 is 1.92 bits per heavy atom. The molecule has 0 aliphatic heterocycles. The normalized spacial score (nSPS) is 14.9. The van der Waals surface area contributed by atoms with Gasteiger partial charge in [0.1, 0.15) is 0 Å². The van der Waals surface area contributed by atoms with E-state index in [-0.39, 0.29) is 5.56 Å². The molecule has 0 saturated carbocycles. The van der Waals surface area contributed by atoms with Gasteiger partial charge in [0.05, 0.1) is 12.8 Å². The highest BCUT2D eigenvalue weighted by Crippen LogP contribution is 2.35. The molecule has 0 saturated heterocycles. The smallest absolute Gasteiger partial charge is 0.261 e. The van der Waals surface area contributed by atoms with E-state index in [1.165, 1.54) is 4.40 Å². The maximum atomic E-state index is 12.8. The van der Waals surface area contributed by atoms with Gasteiger partial charge < -0.3 is 4.74 Å². The molecule has 0 bridgehead atoms. The van der Waals surface area contributed by atoms with Crippen molar-refractivity contribution < 1.29 is 4.74 Å². The number of nitrogens with zero attached hydrogens (tertiary/aromatic N) is 2. The Balaban J connectivity index is 1.97. The van der Waals surface area contributed by atoms with Crippen LogP contribution in [0.25, 0.3) is 17.3 Å². The Hall–Kier alpha value is -2.30. The zero-order valence-electron chi connectivity index (χ0n) is 13.4. The van der Waals surface area contributed by atoms with Crippen LogP contribution in [0.4, 0.5) is 0 Å². The summed E-state index contributed by atoms with van der Waals surface area (Å²) in [7, 11) is 1.56. The van der Waals surface area contributed by atoms with E-state index in [4.69, 9.17) is 32.9 Å². The van der Waals surface area contributed by atoms with Crippen LogP contribution >= 0.6 is 23.2 Å². The second-order valence-corrected chi connectivity index (χ2v) is 6.63. The minimum absolute atomic E-state index is 0.0624. The van der Waals surface area contributed by atoms with Crippen LogP contribution in [0.3, 0.4) is 0 Å². The number of rotatable bonds is 2. The van der Waals surface area contributed by atoms with Gasteiger partial charge in [-0.1, -0.05) is 29.3 Å². The highest BCUT2D eigenvalue weighted by atomic mass is 35.5. The maximum Gasteiger partial charge on any atom is 0.261 e. The third-order valence-corrected chi connectivity index (χ3v) is 5.06. The number of halogens is 2. The SMILES string of the molecule is COc1cccn2c(=O)c3c(nc12)/C(=C\c1c(Cl)cccc1Cl)CC3. The van der Waals surface area contributed by atoms with Gasteiger partial charge in [-0.3, -0.25) is 9.20 Å². The Labute approximate surface area is 154 Å². The second kappa shape index (κ2) is 6.21. The topological polar surface area (TPSA) is 43.6 Å². The summed E-state index contributed by atoms with van der Waals surface area (Å²) in [6.45, 7) is 0. The Bertz CT molecular complexity index is 1070. The van der Waals surface area contributed by atoms with Crippen LogP contribution in [-0.2, 0) is 6.42 Å². The highest BCUT2D eigenvalue weighted by Gasteiger charge is 2.24. The Morgan fingerprint density at radius 1 is 1.16 bits per heavy atom. The van der Waals surface area contributed by atoms with Crippen LogP contribution in [0.1, 0.15) is 23.2 Å². The van der Waals surface area contributed by atoms with Crippen molar-refractivity contribution in [1.82, 2.24) is 9.38 Å². The molecular formula is C19H14Cl2N2O2. The van der Waals surface area contributed by atoms with Crippen LogP contribution < -0.4 is 10.3 Å². The molecule has 1 aromatic carbocycles. The summed E-state index contributed by atoms with van der Waals surface area (Å²) in [6, 6.07) is 8.95. The van der Waals surface area contributed by atoms with Gasteiger partial charge in [0.15, 0.2) is 11.4 Å². The van der Waals surface area contributed by atoms with E-state index in [1.54, 1.807) is 43.6 Å². The monoisotopic (exact) mass is 372 g/mol. The van der Waals surface area contributed by atoms with E-state index in [9.17, 15) is 4.79 Å². The average molecular weight is 373 g/mol. The van der Waals surface area contributed by atoms with Gasteiger partial charge in [-0.25, -0.2) is 4.98 Å². The van der Waals surface area contributed by atoms with Gasteiger partial charge in [0.2, 0.25) is 0 Å². The van der Waals surface area contributed by atoms with E-state index in [0.717, 1.165) is 17.6 Å². The number of fused-ring (bicyclic) bond motifs is 2.